The van der Waals surface area contributed by atoms with Gasteiger partial charge in [0, 0.05) is 11.1 Å². The summed E-state index contributed by atoms with van der Waals surface area (Å²) in [5.41, 5.74) is 6.79. The molecule has 2 N–H and O–H groups in total. The second-order valence-corrected chi connectivity index (χ2v) is 6.64. The molecule has 3 rings (SSSR count). The largest absolute Gasteiger partial charge is 0.399 e. The highest BCUT2D eigenvalue weighted by Gasteiger charge is 2.28. The first-order valence-electron chi connectivity index (χ1n) is 7.23. The van der Waals surface area contributed by atoms with Crippen molar-refractivity contribution >= 4 is 16.5 Å². The number of benzene rings is 1. The maximum absolute atomic E-state index is 12.6. The maximum atomic E-state index is 12.6. The molecule has 1 aliphatic rings. The Kier molecular flexibility index (Phi) is 3.04. The van der Waals surface area contributed by atoms with Crippen LogP contribution in [0.3, 0.4) is 0 Å². The minimum atomic E-state index is -0.0143. The summed E-state index contributed by atoms with van der Waals surface area (Å²) in [5.74, 6) is 0. The molecule has 2 aromatic rings. The van der Waals surface area contributed by atoms with Gasteiger partial charge in [0.15, 0.2) is 0 Å². The first-order chi connectivity index (χ1) is 9.46. The lowest BCUT2D eigenvalue weighted by molar-refractivity contribution is 0.183. The topological polar surface area (TPSA) is 60.9 Å². The fraction of sp³-hybridized carbons (Fsp3) is 0.500. The predicted octanol–water partition coefficient (Wildman–Crippen LogP) is 3.12. The van der Waals surface area contributed by atoms with Crippen molar-refractivity contribution in [3.8, 4) is 0 Å². The summed E-state index contributed by atoms with van der Waals surface area (Å²) in [6.07, 6.45) is 6.10. The Bertz CT molecular complexity index is 692. The summed E-state index contributed by atoms with van der Waals surface area (Å²) in [4.78, 5) is 12.6. The zero-order chi connectivity index (χ0) is 14.3. The van der Waals surface area contributed by atoms with Crippen LogP contribution in [0, 0.1) is 5.41 Å². The molecule has 0 amide bonds. The molecule has 0 bridgehead atoms. The van der Waals surface area contributed by atoms with Crippen molar-refractivity contribution in [2.75, 3.05) is 5.73 Å². The van der Waals surface area contributed by atoms with Crippen molar-refractivity contribution in [1.82, 2.24) is 9.78 Å². The first kappa shape index (κ1) is 13.2. The maximum Gasteiger partial charge on any atom is 0.274 e. The Balaban J connectivity index is 2.01. The Morgan fingerprint density at radius 2 is 2.00 bits per heavy atom. The van der Waals surface area contributed by atoms with Crippen LogP contribution in [0.2, 0.25) is 0 Å². The number of nitrogens with two attached hydrogens (primary N) is 1. The minimum absolute atomic E-state index is 0.0143. The van der Waals surface area contributed by atoms with Crippen LogP contribution in [0.25, 0.3) is 10.8 Å². The fourth-order valence-corrected chi connectivity index (χ4v) is 3.06. The van der Waals surface area contributed by atoms with Gasteiger partial charge in [0.2, 0.25) is 0 Å². The molecule has 1 aliphatic carbocycles. The van der Waals surface area contributed by atoms with Gasteiger partial charge in [-0.1, -0.05) is 19.9 Å². The van der Waals surface area contributed by atoms with Crippen LogP contribution in [0.1, 0.15) is 45.6 Å². The SMILES string of the molecule is CC1(C)CCC(n2ncc3ccc(N)cc3c2=O)CC1. The number of fused-ring (bicyclic) bond motifs is 1. The second kappa shape index (κ2) is 4.62. The standard InChI is InChI=1S/C16H21N3O/c1-16(2)7-5-13(6-8-16)19-15(20)14-9-12(17)4-3-11(14)10-18-19/h3-4,9-10,13H,5-8,17H2,1-2H3. The number of nitrogen functional groups attached to an aromatic ring is 1. The lowest BCUT2D eigenvalue weighted by atomic mass is 9.75. The van der Waals surface area contributed by atoms with Gasteiger partial charge in [-0.15, -0.1) is 0 Å². The molecule has 0 saturated heterocycles. The fourth-order valence-electron chi connectivity index (χ4n) is 3.06. The smallest absolute Gasteiger partial charge is 0.274 e. The first-order valence-corrected chi connectivity index (χ1v) is 7.23. The van der Waals surface area contributed by atoms with Crippen LogP contribution in [-0.2, 0) is 0 Å². The molecule has 1 saturated carbocycles. The van der Waals surface area contributed by atoms with E-state index >= 15 is 0 Å². The number of anilines is 1. The van der Waals surface area contributed by atoms with Crippen molar-refractivity contribution in [2.45, 2.75) is 45.6 Å². The zero-order valence-corrected chi connectivity index (χ0v) is 12.1. The van der Waals surface area contributed by atoms with Crippen molar-refractivity contribution in [3.05, 3.63) is 34.7 Å². The normalized spacial score (nSPS) is 19.3. The average molecular weight is 271 g/mol. The van der Waals surface area contributed by atoms with E-state index in [1.54, 1.807) is 23.0 Å². The molecule has 4 heteroatoms. The molecule has 4 nitrogen and oxygen atoms in total. The number of aromatic nitrogens is 2. The Morgan fingerprint density at radius 1 is 1.30 bits per heavy atom. The summed E-state index contributed by atoms with van der Waals surface area (Å²) in [7, 11) is 0. The zero-order valence-electron chi connectivity index (χ0n) is 12.1. The highest BCUT2D eigenvalue weighted by atomic mass is 16.1. The Labute approximate surface area is 118 Å². The van der Waals surface area contributed by atoms with Gasteiger partial charge in [0.1, 0.15) is 0 Å². The van der Waals surface area contributed by atoms with Gasteiger partial charge in [-0.3, -0.25) is 4.79 Å². The molecule has 1 aromatic heterocycles. The highest BCUT2D eigenvalue weighted by Crippen LogP contribution is 2.39. The molecule has 0 aliphatic heterocycles. The van der Waals surface area contributed by atoms with Crippen molar-refractivity contribution < 1.29 is 0 Å². The third-order valence-corrected chi connectivity index (χ3v) is 4.49. The quantitative estimate of drug-likeness (QED) is 0.811. The molecule has 20 heavy (non-hydrogen) atoms. The molecule has 0 atom stereocenters. The predicted molar refractivity (Wildman–Crippen MR) is 81.7 cm³/mol. The molecular weight excluding hydrogens is 250 g/mol. The molecule has 0 radical (unpaired) electrons. The van der Waals surface area contributed by atoms with Crippen LogP contribution in [0.4, 0.5) is 5.69 Å². The van der Waals surface area contributed by atoms with E-state index in [1.807, 2.05) is 6.07 Å². The average Bonchev–Trinajstić information content (AvgIpc) is 2.41. The van der Waals surface area contributed by atoms with Crippen LogP contribution in [-0.4, -0.2) is 9.78 Å². The molecular formula is C16H21N3O. The van der Waals surface area contributed by atoms with Crippen molar-refractivity contribution in [2.24, 2.45) is 5.41 Å². The lowest BCUT2D eigenvalue weighted by Crippen LogP contribution is -2.31. The van der Waals surface area contributed by atoms with E-state index in [2.05, 4.69) is 18.9 Å². The van der Waals surface area contributed by atoms with E-state index in [-0.39, 0.29) is 11.6 Å². The van der Waals surface area contributed by atoms with Gasteiger partial charge in [-0.2, -0.15) is 5.10 Å². The van der Waals surface area contributed by atoms with E-state index in [0.717, 1.165) is 31.1 Å². The van der Waals surface area contributed by atoms with Crippen molar-refractivity contribution in [3.63, 3.8) is 0 Å². The molecule has 1 heterocycles. The van der Waals surface area contributed by atoms with E-state index in [9.17, 15) is 4.79 Å². The molecule has 0 unspecified atom stereocenters. The van der Waals surface area contributed by atoms with Crippen LogP contribution in [0.15, 0.2) is 29.2 Å². The summed E-state index contributed by atoms with van der Waals surface area (Å²) >= 11 is 0. The van der Waals surface area contributed by atoms with Gasteiger partial charge < -0.3 is 5.73 Å². The van der Waals surface area contributed by atoms with Crippen LogP contribution < -0.4 is 11.3 Å². The molecule has 106 valence electrons. The third-order valence-electron chi connectivity index (χ3n) is 4.49. The van der Waals surface area contributed by atoms with Gasteiger partial charge >= 0.3 is 0 Å². The van der Waals surface area contributed by atoms with E-state index in [4.69, 9.17) is 5.73 Å². The monoisotopic (exact) mass is 271 g/mol. The van der Waals surface area contributed by atoms with E-state index in [0.29, 0.717) is 16.5 Å². The number of rotatable bonds is 1. The molecule has 0 spiro atoms. The lowest BCUT2D eigenvalue weighted by Gasteiger charge is -2.34. The van der Waals surface area contributed by atoms with Crippen LogP contribution >= 0.6 is 0 Å². The summed E-state index contributed by atoms with van der Waals surface area (Å²) < 4.78 is 1.66. The number of nitrogens with zero attached hydrogens (tertiary/aromatic N) is 2. The van der Waals surface area contributed by atoms with E-state index < -0.39 is 0 Å². The van der Waals surface area contributed by atoms with Gasteiger partial charge in [0.05, 0.1) is 17.6 Å². The van der Waals surface area contributed by atoms with Gasteiger partial charge in [-0.25, -0.2) is 4.68 Å². The van der Waals surface area contributed by atoms with Gasteiger partial charge in [0.25, 0.3) is 5.56 Å². The summed E-state index contributed by atoms with van der Waals surface area (Å²) in [6.45, 7) is 4.58. The summed E-state index contributed by atoms with van der Waals surface area (Å²) in [6, 6.07) is 5.63. The van der Waals surface area contributed by atoms with E-state index in [1.165, 1.54) is 0 Å². The third kappa shape index (κ3) is 2.30. The summed E-state index contributed by atoms with van der Waals surface area (Å²) in [5, 5.41) is 5.90. The number of hydrogen-bond donors (Lipinski definition) is 1. The Morgan fingerprint density at radius 3 is 2.70 bits per heavy atom. The molecule has 1 fully saturated rings. The van der Waals surface area contributed by atoms with Crippen molar-refractivity contribution in [1.29, 1.82) is 0 Å². The Hall–Kier alpha value is -1.84. The number of hydrogen-bond acceptors (Lipinski definition) is 3. The van der Waals surface area contributed by atoms with Crippen LogP contribution in [0.5, 0.6) is 0 Å². The minimum Gasteiger partial charge on any atom is -0.399 e. The second-order valence-electron chi connectivity index (χ2n) is 6.64. The highest BCUT2D eigenvalue weighted by molar-refractivity contribution is 5.83. The van der Waals surface area contributed by atoms with Gasteiger partial charge in [-0.05, 0) is 43.2 Å². The molecule has 1 aromatic carbocycles.